The summed E-state index contributed by atoms with van der Waals surface area (Å²) in [5.41, 5.74) is 2.16. The zero-order chi connectivity index (χ0) is 15.0. The van der Waals surface area contributed by atoms with Gasteiger partial charge in [-0.05, 0) is 30.0 Å². The van der Waals surface area contributed by atoms with Crippen LogP contribution >= 0.6 is 11.3 Å². The molecule has 21 heavy (non-hydrogen) atoms. The van der Waals surface area contributed by atoms with Gasteiger partial charge in [-0.25, -0.2) is 4.79 Å². The summed E-state index contributed by atoms with van der Waals surface area (Å²) < 4.78 is 5.47. The van der Waals surface area contributed by atoms with Crippen molar-refractivity contribution in [2.75, 3.05) is 18.1 Å². The Bertz CT molecular complexity index is 722. The lowest BCUT2D eigenvalue weighted by atomic mass is 10.1. The number of hydrogen-bond acceptors (Lipinski definition) is 4. The molecule has 2 heterocycles. The SMILES string of the molecule is Cc1cscc1C(=O)N1CCOc2c(C(=O)O)cccc21. The average molecular weight is 303 g/mol. The van der Waals surface area contributed by atoms with Gasteiger partial charge in [0.15, 0.2) is 5.75 Å². The highest BCUT2D eigenvalue weighted by molar-refractivity contribution is 7.08. The molecule has 1 aliphatic heterocycles. The van der Waals surface area contributed by atoms with Gasteiger partial charge in [-0.3, -0.25) is 4.79 Å². The van der Waals surface area contributed by atoms with Crippen LogP contribution in [0.2, 0.25) is 0 Å². The summed E-state index contributed by atoms with van der Waals surface area (Å²) in [5, 5.41) is 12.9. The first kappa shape index (κ1) is 13.6. The molecule has 2 aromatic rings. The Morgan fingerprint density at radius 1 is 1.29 bits per heavy atom. The molecular formula is C15H13NO4S. The maximum Gasteiger partial charge on any atom is 0.339 e. The number of carboxylic acids is 1. The topological polar surface area (TPSA) is 66.8 Å². The minimum Gasteiger partial charge on any atom is -0.489 e. The van der Waals surface area contributed by atoms with E-state index in [1.54, 1.807) is 17.0 Å². The van der Waals surface area contributed by atoms with Crippen LogP contribution in [0, 0.1) is 6.92 Å². The van der Waals surface area contributed by atoms with Gasteiger partial charge in [-0.2, -0.15) is 11.3 Å². The number of carbonyl (C=O) groups excluding carboxylic acids is 1. The lowest BCUT2D eigenvalue weighted by Gasteiger charge is -2.30. The monoisotopic (exact) mass is 303 g/mol. The summed E-state index contributed by atoms with van der Waals surface area (Å²) in [6, 6.07) is 4.81. The molecule has 6 heteroatoms. The van der Waals surface area contributed by atoms with Crippen LogP contribution in [0.4, 0.5) is 5.69 Å². The summed E-state index contributed by atoms with van der Waals surface area (Å²) in [4.78, 5) is 25.5. The van der Waals surface area contributed by atoms with E-state index in [-0.39, 0.29) is 23.8 Å². The van der Waals surface area contributed by atoms with Crippen molar-refractivity contribution in [1.29, 1.82) is 0 Å². The Labute approximate surface area is 125 Å². The maximum absolute atomic E-state index is 12.7. The first-order valence-electron chi connectivity index (χ1n) is 6.43. The van der Waals surface area contributed by atoms with Gasteiger partial charge in [-0.15, -0.1) is 0 Å². The molecule has 5 nitrogen and oxygen atoms in total. The molecule has 1 amide bonds. The van der Waals surface area contributed by atoms with Gasteiger partial charge in [-0.1, -0.05) is 6.07 Å². The minimum absolute atomic E-state index is 0.0760. The molecular weight excluding hydrogens is 290 g/mol. The van der Waals surface area contributed by atoms with E-state index in [1.807, 2.05) is 17.7 Å². The summed E-state index contributed by atoms with van der Waals surface area (Å²) in [6.45, 7) is 2.58. The number of benzene rings is 1. The molecule has 0 spiro atoms. The van der Waals surface area contributed by atoms with Gasteiger partial charge in [0.05, 0.1) is 17.8 Å². The Balaban J connectivity index is 2.05. The van der Waals surface area contributed by atoms with Gasteiger partial charge in [0.1, 0.15) is 12.2 Å². The van der Waals surface area contributed by atoms with Gasteiger partial charge in [0.25, 0.3) is 5.91 Å². The van der Waals surface area contributed by atoms with Crippen LogP contribution in [0.25, 0.3) is 0 Å². The predicted octanol–water partition coefficient (Wildman–Crippen LogP) is 2.79. The summed E-state index contributed by atoms with van der Waals surface area (Å²) in [7, 11) is 0. The molecule has 3 rings (SSSR count). The number of aromatic carboxylic acids is 1. The van der Waals surface area contributed by atoms with Crippen molar-refractivity contribution in [2.24, 2.45) is 0 Å². The van der Waals surface area contributed by atoms with Crippen molar-refractivity contribution in [3.05, 3.63) is 45.6 Å². The van der Waals surface area contributed by atoms with Crippen molar-refractivity contribution < 1.29 is 19.4 Å². The fourth-order valence-electron chi connectivity index (χ4n) is 2.35. The highest BCUT2D eigenvalue weighted by Crippen LogP contribution is 2.36. The smallest absolute Gasteiger partial charge is 0.339 e. The molecule has 1 aromatic carbocycles. The molecule has 0 saturated heterocycles. The molecule has 0 bridgehead atoms. The first-order valence-corrected chi connectivity index (χ1v) is 7.37. The number of nitrogens with zero attached hydrogens (tertiary/aromatic N) is 1. The Hall–Kier alpha value is -2.34. The third-order valence-electron chi connectivity index (χ3n) is 3.41. The van der Waals surface area contributed by atoms with E-state index < -0.39 is 5.97 Å². The van der Waals surface area contributed by atoms with E-state index in [0.29, 0.717) is 17.8 Å². The van der Waals surface area contributed by atoms with E-state index in [4.69, 9.17) is 4.74 Å². The average Bonchev–Trinajstić information content (AvgIpc) is 2.91. The van der Waals surface area contributed by atoms with Crippen molar-refractivity contribution in [2.45, 2.75) is 6.92 Å². The number of para-hydroxylation sites is 1. The summed E-state index contributed by atoms with van der Waals surface area (Å²) in [5.74, 6) is -0.925. The molecule has 1 aromatic heterocycles. The van der Waals surface area contributed by atoms with E-state index >= 15 is 0 Å². The number of aryl methyl sites for hydroxylation is 1. The lowest BCUT2D eigenvalue weighted by Crippen LogP contribution is -2.38. The second kappa shape index (κ2) is 5.21. The highest BCUT2D eigenvalue weighted by Gasteiger charge is 2.28. The number of carboxylic acid groups (broad SMARTS) is 1. The second-order valence-electron chi connectivity index (χ2n) is 4.73. The van der Waals surface area contributed by atoms with Crippen LogP contribution in [0.15, 0.2) is 29.0 Å². The fraction of sp³-hybridized carbons (Fsp3) is 0.200. The van der Waals surface area contributed by atoms with E-state index in [9.17, 15) is 14.7 Å². The van der Waals surface area contributed by atoms with Crippen LogP contribution in [0.3, 0.4) is 0 Å². The molecule has 0 fully saturated rings. The quantitative estimate of drug-likeness (QED) is 0.926. The number of ether oxygens (including phenoxy) is 1. The van der Waals surface area contributed by atoms with Gasteiger partial charge >= 0.3 is 5.97 Å². The number of amides is 1. The summed E-state index contributed by atoms with van der Waals surface area (Å²) in [6.07, 6.45) is 0. The normalized spacial score (nSPS) is 13.5. The zero-order valence-corrected chi connectivity index (χ0v) is 12.1. The van der Waals surface area contributed by atoms with Crippen molar-refractivity contribution in [3.8, 4) is 5.75 Å². The second-order valence-corrected chi connectivity index (χ2v) is 5.48. The Morgan fingerprint density at radius 3 is 2.76 bits per heavy atom. The van der Waals surface area contributed by atoms with Gasteiger partial charge in [0.2, 0.25) is 0 Å². The highest BCUT2D eigenvalue weighted by atomic mass is 32.1. The molecule has 0 saturated carbocycles. The maximum atomic E-state index is 12.7. The number of carbonyl (C=O) groups is 2. The van der Waals surface area contributed by atoms with Crippen molar-refractivity contribution in [1.82, 2.24) is 0 Å². The molecule has 0 aliphatic carbocycles. The van der Waals surface area contributed by atoms with E-state index in [0.717, 1.165) is 5.56 Å². The van der Waals surface area contributed by atoms with Crippen molar-refractivity contribution >= 4 is 28.9 Å². The number of anilines is 1. The fourth-order valence-corrected chi connectivity index (χ4v) is 3.17. The van der Waals surface area contributed by atoms with Crippen LogP contribution in [0.5, 0.6) is 5.75 Å². The van der Waals surface area contributed by atoms with Crippen molar-refractivity contribution in [3.63, 3.8) is 0 Å². The van der Waals surface area contributed by atoms with Gasteiger partial charge in [0, 0.05) is 5.38 Å². The van der Waals surface area contributed by atoms with Crippen LogP contribution in [-0.2, 0) is 0 Å². The van der Waals surface area contributed by atoms with Crippen LogP contribution in [-0.4, -0.2) is 30.1 Å². The molecule has 0 radical (unpaired) electrons. The number of rotatable bonds is 2. The number of thiophene rings is 1. The Morgan fingerprint density at radius 2 is 2.10 bits per heavy atom. The van der Waals surface area contributed by atoms with Gasteiger partial charge < -0.3 is 14.7 Å². The lowest BCUT2D eigenvalue weighted by molar-refractivity contribution is 0.0690. The predicted molar refractivity (Wildman–Crippen MR) is 79.6 cm³/mol. The van der Waals surface area contributed by atoms with Crippen LogP contribution in [0.1, 0.15) is 26.3 Å². The largest absolute Gasteiger partial charge is 0.489 e. The number of hydrogen-bond donors (Lipinski definition) is 1. The zero-order valence-electron chi connectivity index (χ0n) is 11.3. The molecule has 1 aliphatic rings. The first-order chi connectivity index (χ1) is 10.1. The molecule has 108 valence electrons. The van der Waals surface area contributed by atoms with Crippen LogP contribution < -0.4 is 9.64 Å². The number of fused-ring (bicyclic) bond motifs is 1. The third-order valence-corrected chi connectivity index (χ3v) is 4.27. The third kappa shape index (κ3) is 2.27. The molecule has 1 N–H and O–H groups in total. The van der Waals surface area contributed by atoms with E-state index in [2.05, 4.69) is 0 Å². The standard InChI is InChI=1S/C15H13NO4S/c1-9-7-21-8-11(9)14(17)16-5-6-20-13-10(15(18)19)3-2-4-12(13)16/h2-4,7-8H,5-6H2,1H3,(H,18,19). The van der Waals surface area contributed by atoms with E-state index in [1.165, 1.54) is 17.4 Å². The summed E-state index contributed by atoms with van der Waals surface area (Å²) >= 11 is 1.48. The Kier molecular flexibility index (Phi) is 3.39. The molecule has 0 unspecified atom stereocenters. The minimum atomic E-state index is -1.06. The molecule has 0 atom stereocenters.